The molecule has 4 heteroatoms. The van der Waals surface area contributed by atoms with Gasteiger partial charge in [-0.3, -0.25) is 9.59 Å². The Labute approximate surface area is 199 Å². The smallest absolute Gasteiger partial charge is 0.306 e. The summed E-state index contributed by atoms with van der Waals surface area (Å²) in [7, 11) is 0. The molecule has 0 aliphatic rings. The molecule has 4 nitrogen and oxygen atoms in total. The Balaban J connectivity index is 3.55. The van der Waals surface area contributed by atoms with Crippen LogP contribution in [0.5, 0.6) is 0 Å². The summed E-state index contributed by atoms with van der Waals surface area (Å²) in [4.78, 5) is 23.8. The predicted octanol–water partition coefficient (Wildman–Crippen LogP) is 8.26. The van der Waals surface area contributed by atoms with Crippen LogP contribution in [0.25, 0.3) is 0 Å². The minimum atomic E-state index is -0.0351. The van der Waals surface area contributed by atoms with Crippen LogP contribution in [0, 0.1) is 17.8 Å². The summed E-state index contributed by atoms with van der Waals surface area (Å²) in [5.74, 6) is 1.85. The summed E-state index contributed by atoms with van der Waals surface area (Å²) in [6, 6.07) is 0. The van der Waals surface area contributed by atoms with Crippen LogP contribution in [0.2, 0.25) is 0 Å². The van der Waals surface area contributed by atoms with E-state index in [1.807, 2.05) is 0 Å². The van der Waals surface area contributed by atoms with Crippen LogP contribution >= 0.6 is 0 Å². The van der Waals surface area contributed by atoms with Crippen molar-refractivity contribution in [2.45, 2.75) is 137 Å². The van der Waals surface area contributed by atoms with Gasteiger partial charge in [0.15, 0.2) is 0 Å². The normalized spacial score (nSPS) is 12.3. The van der Waals surface area contributed by atoms with Gasteiger partial charge in [0.1, 0.15) is 0 Å². The fraction of sp³-hybridized carbons (Fsp3) is 0.929. The maximum absolute atomic E-state index is 12.0. The second-order valence-electron chi connectivity index (χ2n) is 10.4. The van der Waals surface area contributed by atoms with Gasteiger partial charge >= 0.3 is 11.9 Å². The first-order chi connectivity index (χ1) is 15.3. The van der Waals surface area contributed by atoms with Crippen LogP contribution < -0.4 is 0 Å². The molecule has 0 aliphatic carbocycles. The molecule has 0 fully saturated rings. The Morgan fingerprint density at radius 2 is 1.06 bits per heavy atom. The van der Waals surface area contributed by atoms with Crippen molar-refractivity contribution in [2.24, 2.45) is 17.8 Å². The van der Waals surface area contributed by atoms with Gasteiger partial charge in [-0.1, -0.05) is 86.0 Å². The van der Waals surface area contributed by atoms with Crippen molar-refractivity contribution in [1.29, 1.82) is 0 Å². The number of carbonyl (C=O) groups is 2. The van der Waals surface area contributed by atoms with E-state index in [1.54, 1.807) is 0 Å². The minimum Gasteiger partial charge on any atom is -0.466 e. The number of ether oxygens (including phenoxy) is 2. The molecule has 0 bridgehead atoms. The zero-order valence-electron chi connectivity index (χ0n) is 22.1. The second kappa shape index (κ2) is 21.8. The molecule has 0 saturated heterocycles. The van der Waals surface area contributed by atoms with Crippen molar-refractivity contribution in [3.05, 3.63) is 0 Å². The molecule has 0 heterocycles. The molecule has 1 unspecified atom stereocenters. The van der Waals surface area contributed by atoms with E-state index in [1.165, 1.54) is 38.5 Å². The molecule has 0 rings (SSSR count). The van der Waals surface area contributed by atoms with Gasteiger partial charge in [0.25, 0.3) is 0 Å². The van der Waals surface area contributed by atoms with Crippen molar-refractivity contribution in [1.82, 2.24) is 0 Å². The third-order valence-corrected chi connectivity index (χ3v) is 6.15. The molecule has 190 valence electrons. The molecule has 32 heavy (non-hydrogen) atoms. The van der Waals surface area contributed by atoms with Gasteiger partial charge in [-0.15, -0.1) is 0 Å². The topological polar surface area (TPSA) is 52.6 Å². The number of esters is 2. The highest BCUT2D eigenvalue weighted by molar-refractivity contribution is 5.69. The van der Waals surface area contributed by atoms with Crippen LogP contribution in [-0.2, 0) is 19.1 Å². The zero-order chi connectivity index (χ0) is 24.0. The summed E-state index contributed by atoms with van der Waals surface area (Å²) in [6.45, 7) is 12.2. The molecular formula is C28H54O4. The van der Waals surface area contributed by atoms with E-state index in [-0.39, 0.29) is 11.9 Å². The lowest BCUT2D eigenvalue weighted by Gasteiger charge is -2.14. The van der Waals surface area contributed by atoms with Gasteiger partial charge in [-0.25, -0.2) is 0 Å². The summed E-state index contributed by atoms with van der Waals surface area (Å²) in [6.07, 6.45) is 16.8. The highest BCUT2D eigenvalue weighted by Crippen LogP contribution is 2.19. The van der Waals surface area contributed by atoms with Crippen molar-refractivity contribution < 1.29 is 19.1 Å². The van der Waals surface area contributed by atoms with Gasteiger partial charge in [0.05, 0.1) is 13.2 Å². The molecule has 0 aromatic rings. The predicted molar refractivity (Wildman–Crippen MR) is 135 cm³/mol. The summed E-state index contributed by atoms with van der Waals surface area (Å²) in [5, 5.41) is 0. The average Bonchev–Trinajstić information content (AvgIpc) is 2.73. The monoisotopic (exact) mass is 454 g/mol. The summed E-state index contributed by atoms with van der Waals surface area (Å²) >= 11 is 0. The quantitative estimate of drug-likeness (QED) is 0.122. The Bertz CT molecular complexity index is 445. The number of hydrogen-bond donors (Lipinski definition) is 0. The van der Waals surface area contributed by atoms with E-state index < -0.39 is 0 Å². The molecular weight excluding hydrogens is 400 g/mol. The Morgan fingerprint density at radius 1 is 0.594 bits per heavy atom. The molecule has 0 radical (unpaired) electrons. The first kappa shape index (κ1) is 30.9. The van der Waals surface area contributed by atoms with Crippen molar-refractivity contribution in [3.63, 3.8) is 0 Å². The van der Waals surface area contributed by atoms with E-state index in [4.69, 9.17) is 9.47 Å². The lowest BCUT2D eigenvalue weighted by Crippen LogP contribution is -2.12. The Hall–Kier alpha value is -1.06. The van der Waals surface area contributed by atoms with Crippen LogP contribution in [0.15, 0.2) is 0 Å². The Kier molecular flexibility index (Phi) is 21.0. The average molecular weight is 455 g/mol. The largest absolute Gasteiger partial charge is 0.466 e. The first-order valence-electron chi connectivity index (χ1n) is 13.7. The molecule has 0 aliphatic heterocycles. The molecule has 0 saturated carbocycles. The number of carbonyl (C=O) groups excluding carboxylic acids is 2. The zero-order valence-corrected chi connectivity index (χ0v) is 22.1. The Morgan fingerprint density at radius 3 is 1.59 bits per heavy atom. The van der Waals surface area contributed by atoms with Crippen molar-refractivity contribution in [2.75, 3.05) is 13.2 Å². The molecule has 0 aromatic carbocycles. The molecule has 0 aromatic heterocycles. The summed E-state index contributed by atoms with van der Waals surface area (Å²) < 4.78 is 10.7. The standard InChI is InChI=1S/C28H54O4/c1-6-26(23-28(30)32-22-16-14-18-25(4)5)19-11-9-7-8-10-12-20-27(29)31-21-15-13-17-24(2)3/h24-26H,6-23H2,1-5H3. The third kappa shape index (κ3) is 22.1. The number of hydrogen-bond acceptors (Lipinski definition) is 4. The SMILES string of the molecule is CCC(CCCCCCCCC(=O)OCCCCC(C)C)CC(=O)OCCCCC(C)C. The lowest BCUT2D eigenvalue weighted by atomic mass is 9.95. The van der Waals surface area contributed by atoms with Crippen molar-refractivity contribution in [3.8, 4) is 0 Å². The van der Waals surface area contributed by atoms with E-state index in [2.05, 4.69) is 34.6 Å². The second-order valence-corrected chi connectivity index (χ2v) is 10.4. The molecule has 1 atom stereocenters. The maximum Gasteiger partial charge on any atom is 0.306 e. The van der Waals surface area contributed by atoms with Crippen LogP contribution in [-0.4, -0.2) is 25.2 Å². The first-order valence-corrected chi connectivity index (χ1v) is 13.7. The number of rotatable bonds is 22. The van der Waals surface area contributed by atoms with Gasteiger partial charge in [-0.2, -0.15) is 0 Å². The molecule has 0 N–H and O–H groups in total. The van der Waals surface area contributed by atoms with Gasteiger partial charge < -0.3 is 9.47 Å². The molecule has 0 amide bonds. The third-order valence-electron chi connectivity index (χ3n) is 6.15. The highest BCUT2D eigenvalue weighted by atomic mass is 16.5. The van der Waals surface area contributed by atoms with Gasteiger partial charge in [0.2, 0.25) is 0 Å². The lowest BCUT2D eigenvalue weighted by molar-refractivity contribution is -0.145. The minimum absolute atomic E-state index is 0.0202. The van der Waals surface area contributed by atoms with Crippen LogP contribution in [0.3, 0.4) is 0 Å². The fourth-order valence-electron chi connectivity index (χ4n) is 3.91. The highest BCUT2D eigenvalue weighted by Gasteiger charge is 2.13. The van der Waals surface area contributed by atoms with Crippen LogP contribution in [0.1, 0.15) is 137 Å². The number of unbranched alkanes of at least 4 members (excludes halogenated alkanes) is 7. The van der Waals surface area contributed by atoms with Gasteiger partial charge in [-0.05, 0) is 56.3 Å². The van der Waals surface area contributed by atoms with E-state index in [0.717, 1.165) is 63.2 Å². The summed E-state index contributed by atoms with van der Waals surface area (Å²) in [5.41, 5.74) is 0. The molecule has 0 spiro atoms. The van der Waals surface area contributed by atoms with E-state index in [0.29, 0.717) is 32.0 Å². The van der Waals surface area contributed by atoms with Crippen LogP contribution in [0.4, 0.5) is 0 Å². The van der Waals surface area contributed by atoms with Gasteiger partial charge in [0, 0.05) is 12.8 Å². The van der Waals surface area contributed by atoms with E-state index in [9.17, 15) is 9.59 Å². The fourth-order valence-corrected chi connectivity index (χ4v) is 3.91. The maximum atomic E-state index is 12.0. The van der Waals surface area contributed by atoms with Crippen molar-refractivity contribution >= 4 is 11.9 Å². The van der Waals surface area contributed by atoms with E-state index >= 15 is 0 Å².